The summed E-state index contributed by atoms with van der Waals surface area (Å²) in [6.45, 7) is 7.71. The highest BCUT2D eigenvalue weighted by Gasteiger charge is 2.26. The Morgan fingerprint density at radius 1 is 1.33 bits per heavy atom. The number of benzene rings is 1. The first-order valence-electron chi connectivity index (χ1n) is 7.29. The highest BCUT2D eigenvalue weighted by molar-refractivity contribution is 9.10. The van der Waals surface area contributed by atoms with Crippen molar-refractivity contribution in [2.75, 3.05) is 20.1 Å². The van der Waals surface area contributed by atoms with Crippen LogP contribution in [-0.4, -0.2) is 32.9 Å². The summed E-state index contributed by atoms with van der Waals surface area (Å²) in [7, 11) is -1.62. The minimum Gasteiger partial charge on any atom is -0.316 e. The van der Waals surface area contributed by atoms with Crippen LogP contribution in [0.3, 0.4) is 0 Å². The van der Waals surface area contributed by atoms with E-state index in [2.05, 4.69) is 35.1 Å². The number of nitrogens with zero attached hydrogens (tertiary/aromatic N) is 1. The van der Waals surface area contributed by atoms with Gasteiger partial charge >= 0.3 is 0 Å². The second-order valence-electron chi connectivity index (χ2n) is 5.26. The third-order valence-corrected chi connectivity index (χ3v) is 6.49. The summed E-state index contributed by atoms with van der Waals surface area (Å²) in [6, 6.07) is 5.47. The van der Waals surface area contributed by atoms with Crippen LogP contribution in [0, 0.1) is 5.92 Å². The smallest absolute Gasteiger partial charge is 0.244 e. The molecule has 6 heteroatoms. The Kier molecular flexibility index (Phi) is 7.33. The third-order valence-electron chi connectivity index (χ3n) is 3.56. The van der Waals surface area contributed by atoms with E-state index in [9.17, 15) is 8.42 Å². The minimum atomic E-state index is -3.47. The first kappa shape index (κ1) is 18.6. The number of hydrogen-bond donors (Lipinski definition) is 1. The first-order chi connectivity index (χ1) is 9.86. The molecular formula is C15H25BrN2O2S. The van der Waals surface area contributed by atoms with Crippen LogP contribution in [0.1, 0.15) is 32.8 Å². The van der Waals surface area contributed by atoms with Crippen LogP contribution < -0.4 is 5.32 Å². The van der Waals surface area contributed by atoms with Crippen molar-refractivity contribution < 1.29 is 8.42 Å². The summed E-state index contributed by atoms with van der Waals surface area (Å²) >= 11 is 3.37. The lowest BCUT2D eigenvalue weighted by molar-refractivity contribution is 0.361. The van der Waals surface area contributed by atoms with Crippen molar-refractivity contribution >= 4 is 26.0 Å². The molecule has 1 atom stereocenters. The second-order valence-corrected chi connectivity index (χ2v) is 8.02. The zero-order valence-corrected chi connectivity index (χ0v) is 15.6. The molecule has 1 rings (SSSR count). The van der Waals surface area contributed by atoms with E-state index in [0.29, 0.717) is 34.9 Å². The number of sulfonamides is 1. The Morgan fingerprint density at radius 3 is 2.52 bits per heavy atom. The Morgan fingerprint density at radius 2 is 2.00 bits per heavy atom. The average molecular weight is 377 g/mol. The van der Waals surface area contributed by atoms with Crippen LogP contribution in [0.15, 0.2) is 27.6 Å². The van der Waals surface area contributed by atoms with Crippen LogP contribution in [0.2, 0.25) is 0 Å². The van der Waals surface area contributed by atoms with E-state index in [-0.39, 0.29) is 0 Å². The normalized spacial score (nSPS) is 13.6. The predicted octanol–water partition coefficient (Wildman–Crippen LogP) is 3.23. The van der Waals surface area contributed by atoms with Crippen molar-refractivity contribution in [1.82, 2.24) is 9.62 Å². The molecule has 0 heterocycles. The average Bonchev–Trinajstić information content (AvgIpc) is 2.46. The van der Waals surface area contributed by atoms with Crippen molar-refractivity contribution in [2.24, 2.45) is 5.92 Å². The molecule has 0 saturated carbocycles. The molecule has 0 saturated heterocycles. The maximum atomic E-state index is 12.9. The molecular weight excluding hydrogens is 352 g/mol. The predicted molar refractivity (Wildman–Crippen MR) is 90.8 cm³/mol. The van der Waals surface area contributed by atoms with E-state index in [1.807, 2.05) is 20.0 Å². The molecule has 0 aromatic heterocycles. The Balaban J connectivity index is 3.18. The third kappa shape index (κ3) is 4.77. The molecule has 0 radical (unpaired) electrons. The fourth-order valence-electron chi connectivity index (χ4n) is 2.07. The van der Waals surface area contributed by atoms with E-state index >= 15 is 0 Å². The van der Waals surface area contributed by atoms with Gasteiger partial charge in [0.1, 0.15) is 0 Å². The number of hydrogen-bond acceptors (Lipinski definition) is 3. The van der Waals surface area contributed by atoms with Crippen molar-refractivity contribution in [3.05, 3.63) is 28.2 Å². The van der Waals surface area contributed by atoms with Gasteiger partial charge in [-0.1, -0.05) is 33.3 Å². The lowest BCUT2D eigenvalue weighted by atomic mass is 10.1. The van der Waals surface area contributed by atoms with Gasteiger partial charge in [0.05, 0.1) is 4.90 Å². The lowest BCUT2D eigenvalue weighted by Crippen LogP contribution is -2.34. The molecule has 120 valence electrons. The lowest BCUT2D eigenvalue weighted by Gasteiger charge is -2.24. The maximum absolute atomic E-state index is 12.9. The van der Waals surface area contributed by atoms with Crippen LogP contribution in [0.4, 0.5) is 0 Å². The van der Waals surface area contributed by atoms with Gasteiger partial charge in [-0.25, -0.2) is 8.42 Å². The summed E-state index contributed by atoms with van der Waals surface area (Å²) < 4.78 is 27.9. The zero-order chi connectivity index (χ0) is 16.0. The largest absolute Gasteiger partial charge is 0.316 e. The van der Waals surface area contributed by atoms with E-state index in [0.717, 1.165) is 12.0 Å². The number of nitrogens with one attached hydrogen (secondary N) is 1. The molecule has 4 nitrogen and oxygen atoms in total. The van der Waals surface area contributed by atoms with Gasteiger partial charge in [-0.05, 0) is 46.6 Å². The molecule has 0 spiro atoms. The number of rotatable bonds is 8. The van der Waals surface area contributed by atoms with Gasteiger partial charge in [0.15, 0.2) is 0 Å². The van der Waals surface area contributed by atoms with E-state index < -0.39 is 10.0 Å². The molecule has 0 fully saturated rings. The topological polar surface area (TPSA) is 49.4 Å². The summed E-state index contributed by atoms with van der Waals surface area (Å²) in [6.07, 6.45) is 0.965. The molecule has 1 aromatic carbocycles. The zero-order valence-electron chi connectivity index (χ0n) is 13.2. The molecule has 21 heavy (non-hydrogen) atoms. The van der Waals surface area contributed by atoms with Gasteiger partial charge in [0.2, 0.25) is 10.0 Å². The highest BCUT2D eigenvalue weighted by atomic mass is 79.9. The fourth-order valence-corrected chi connectivity index (χ4v) is 4.62. The van der Waals surface area contributed by atoms with Crippen LogP contribution in [0.25, 0.3) is 0 Å². The molecule has 1 unspecified atom stereocenters. The maximum Gasteiger partial charge on any atom is 0.244 e. The van der Waals surface area contributed by atoms with Crippen LogP contribution in [-0.2, 0) is 16.6 Å². The summed E-state index contributed by atoms with van der Waals surface area (Å²) in [5, 5.41) is 3.04. The summed E-state index contributed by atoms with van der Waals surface area (Å²) in [5.74, 6) is 0.346. The molecule has 0 amide bonds. The van der Waals surface area contributed by atoms with Crippen molar-refractivity contribution in [2.45, 2.75) is 38.6 Å². The minimum absolute atomic E-state index is 0.346. The van der Waals surface area contributed by atoms with Gasteiger partial charge in [0.25, 0.3) is 0 Å². The highest BCUT2D eigenvalue weighted by Crippen LogP contribution is 2.27. The first-order valence-corrected chi connectivity index (χ1v) is 9.53. The molecule has 0 aliphatic heterocycles. The Labute approximate surface area is 137 Å². The SMILES string of the molecule is CCC(C)CN(CC)S(=O)(=O)c1cc(CNC)ccc1Br. The van der Waals surface area contributed by atoms with Gasteiger partial charge in [-0.15, -0.1) is 0 Å². The standard InChI is InChI=1S/C15H25BrN2O2S/c1-5-12(3)11-18(6-2)21(19,20)15-9-13(10-17-4)7-8-14(15)16/h7-9,12,17H,5-6,10-11H2,1-4H3. The summed E-state index contributed by atoms with van der Waals surface area (Å²) in [4.78, 5) is 0.348. The van der Waals surface area contributed by atoms with Crippen LogP contribution in [0.5, 0.6) is 0 Å². The van der Waals surface area contributed by atoms with Crippen molar-refractivity contribution in [1.29, 1.82) is 0 Å². The van der Waals surface area contributed by atoms with Gasteiger partial charge in [-0.2, -0.15) is 4.31 Å². The molecule has 0 aliphatic rings. The Hall–Kier alpha value is -0.430. The molecule has 1 aromatic rings. The van der Waals surface area contributed by atoms with E-state index in [4.69, 9.17) is 0 Å². The van der Waals surface area contributed by atoms with Crippen molar-refractivity contribution in [3.8, 4) is 0 Å². The second kappa shape index (κ2) is 8.27. The van der Waals surface area contributed by atoms with Gasteiger partial charge in [-0.3, -0.25) is 0 Å². The van der Waals surface area contributed by atoms with E-state index in [1.54, 1.807) is 16.4 Å². The quantitative estimate of drug-likeness (QED) is 0.757. The molecule has 0 bridgehead atoms. The summed E-state index contributed by atoms with van der Waals surface area (Å²) in [5.41, 5.74) is 0.957. The van der Waals surface area contributed by atoms with Gasteiger partial charge < -0.3 is 5.32 Å². The fraction of sp³-hybridized carbons (Fsp3) is 0.600. The van der Waals surface area contributed by atoms with Gasteiger partial charge in [0, 0.05) is 24.1 Å². The number of halogens is 1. The van der Waals surface area contributed by atoms with Crippen LogP contribution >= 0.6 is 15.9 Å². The molecule has 0 aliphatic carbocycles. The van der Waals surface area contributed by atoms with E-state index in [1.165, 1.54) is 0 Å². The van der Waals surface area contributed by atoms with Crippen molar-refractivity contribution in [3.63, 3.8) is 0 Å². The molecule has 1 N–H and O–H groups in total. The monoisotopic (exact) mass is 376 g/mol. The Bertz CT molecular complexity index is 561.